The molecule has 0 aliphatic carbocycles. The van der Waals surface area contributed by atoms with E-state index in [4.69, 9.17) is 10.3 Å². The Balaban J connectivity index is 2.73. The average molecular weight is 289 g/mol. The zero-order chi connectivity index (χ0) is 15.9. The number of hydrogen-bond acceptors (Lipinski definition) is 3. The third kappa shape index (κ3) is 6.49. The van der Waals surface area contributed by atoms with Gasteiger partial charge in [-0.15, -0.1) is 0 Å². The van der Waals surface area contributed by atoms with Crippen molar-refractivity contribution in [3.8, 4) is 0 Å². The smallest absolute Gasteiger partial charge is 0.412 e. The number of carbonyl (C=O) groups is 2. The number of hydrogen-bond donors (Lipinski definition) is 1. The molecule has 1 N–H and O–H groups in total. The van der Waals surface area contributed by atoms with Gasteiger partial charge in [0, 0.05) is 12.1 Å². The fraction of sp³-hybridized carbons (Fsp3) is 0.400. The number of aryl methyl sites for hydroxylation is 1. The van der Waals surface area contributed by atoms with Crippen LogP contribution in [0.3, 0.4) is 0 Å². The first-order valence-corrected chi connectivity index (χ1v) is 6.60. The van der Waals surface area contributed by atoms with Crippen LogP contribution in [0, 0.1) is 0 Å². The van der Waals surface area contributed by atoms with Crippen molar-refractivity contribution in [3.05, 3.63) is 35.4 Å². The normalized spacial score (nSPS) is 10.4. The van der Waals surface area contributed by atoms with Gasteiger partial charge in [0.05, 0.1) is 0 Å². The van der Waals surface area contributed by atoms with E-state index in [1.807, 2.05) is 12.1 Å². The van der Waals surface area contributed by atoms with Gasteiger partial charge in [0.25, 0.3) is 0 Å². The second-order valence-electron chi connectivity index (χ2n) is 5.49. The summed E-state index contributed by atoms with van der Waals surface area (Å²) in [7, 11) is 0. The van der Waals surface area contributed by atoms with E-state index in [9.17, 15) is 9.59 Å². The fourth-order valence-electron chi connectivity index (χ4n) is 1.66. The van der Waals surface area contributed by atoms with Crippen LogP contribution in [-0.2, 0) is 16.0 Å². The van der Waals surface area contributed by atoms with E-state index in [-0.39, 0.29) is 12.2 Å². The maximum Gasteiger partial charge on any atom is 0.412 e. The number of para-hydroxylation sites is 1. The molecular formula is C15H19N3O3. The number of benzene rings is 1. The standard InChI is InChI=1S/C15H19N3O3/c1-15(2,3)21-14(20)18-13-7-5-4-6-11(13)8-9-12(19)10-17-16/h4-7,10H,8-9H2,1-3H3,(H,18,20). The van der Waals surface area contributed by atoms with E-state index < -0.39 is 11.7 Å². The quantitative estimate of drug-likeness (QED) is 0.513. The van der Waals surface area contributed by atoms with E-state index in [1.165, 1.54) is 0 Å². The Kier molecular flexibility index (Phi) is 5.81. The molecule has 0 radical (unpaired) electrons. The van der Waals surface area contributed by atoms with Crippen molar-refractivity contribution >= 4 is 23.8 Å². The van der Waals surface area contributed by atoms with E-state index in [0.717, 1.165) is 11.8 Å². The number of anilines is 1. The van der Waals surface area contributed by atoms with Crippen LogP contribution >= 0.6 is 0 Å². The van der Waals surface area contributed by atoms with Gasteiger partial charge in [0.15, 0.2) is 0 Å². The van der Waals surface area contributed by atoms with Gasteiger partial charge < -0.3 is 10.3 Å². The molecule has 0 saturated carbocycles. The predicted octanol–water partition coefficient (Wildman–Crippen LogP) is 2.84. The number of ether oxygens (including phenoxy) is 1. The van der Waals surface area contributed by atoms with Crippen molar-refractivity contribution in [1.82, 2.24) is 0 Å². The minimum Gasteiger partial charge on any atom is -0.444 e. The molecular weight excluding hydrogens is 270 g/mol. The molecule has 112 valence electrons. The highest BCUT2D eigenvalue weighted by molar-refractivity contribution is 6.25. The second kappa shape index (κ2) is 7.36. The number of amides is 1. The summed E-state index contributed by atoms with van der Waals surface area (Å²) in [6.07, 6.45) is 0.941. The molecule has 0 saturated heterocycles. The first-order chi connectivity index (χ1) is 9.81. The number of carbonyl (C=O) groups excluding carboxylic acids is 2. The first kappa shape index (κ1) is 16.6. The van der Waals surface area contributed by atoms with Crippen molar-refractivity contribution in [1.29, 1.82) is 0 Å². The molecule has 6 nitrogen and oxygen atoms in total. The van der Waals surface area contributed by atoms with Crippen molar-refractivity contribution in [2.75, 3.05) is 5.32 Å². The minimum absolute atomic E-state index is 0.192. The highest BCUT2D eigenvalue weighted by Gasteiger charge is 2.17. The monoisotopic (exact) mass is 289 g/mol. The molecule has 1 aromatic rings. The Morgan fingerprint density at radius 2 is 2.00 bits per heavy atom. The Hall–Kier alpha value is -2.46. The van der Waals surface area contributed by atoms with Gasteiger partial charge in [-0.25, -0.2) is 4.79 Å². The third-order valence-corrected chi connectivity index (χ3v) is 2.50. The number of ketones is 1. The van der Waals surface area contributed by atoms with Gasteiger partial charge in [-0.05, 0) is 38.8 Å². The molecule has 0 aromatic heterocycles. The van der Waals surface area contributed by atoms with Crippen molar-refractivity contribution in [2.24, 2.45) is 0 Å². The Morgan fingerprint density at radius 3 is 2.62 bits per heavy atom. The first-order valence-electron chi connectivity index (χ1n) is 6.60. The summed E-state index contributed by atoms with van der Waals surface area (Å²) in [4.78, 5) is 25.8. The van der Waals surface area contributed by atoms with Gasteiger partial charge in [0.2, 0.25) is 5.78 Å². The van der Waals surface area contributed by atoms with Crippen LogP contribution in [0.15, 0.2) is 24.3 Å². The highest BCUT2D eigenvalue weighted by atomic mass is 16.6. The van der Waals surface area contributed by atoms with Gasteiger partial charge in [0.1, 0.15) is 5.60 Å². The summed E-state index contributed by atoms with van der Waals surface area (Å²) >= 11 is 0. The van der Waals surface area contributed by atoms with Gasteiger partial charge in [-0.3, -0.25) is 10.1 Å². The summed E-state index contributed by atoms with van der Waals surface area (Å²) < 4.78 is 5.19. The summed E-state index contributed by atoms with van der Waals surface area (Å²) in [5.41, 5.74) is 9.12. The van der Waals surface area contributed by atoms with Crippen molar-refractivity contribution in [2.45, 2.75) is 39.2 Å². The largest absolute Gasteiger partial charge is 0.444 e. The summed E-state index contributed by atoms with van der Waals surface area (Å²) in [6, 6.07) is 7.16. The number of nitrogens with one attached hydrogen (secondary N) is 1. The summed E-state index contributed by atoms with van der Waals surface area (Å²) in [5, 5.41) is 2.67. The second-order valence-corrected chi connectivity index (χ2v) is 5.49. The molecule has 1 aromatic carbocycles. The van der Waals surface area contributed by atoms with Crippen LogP contribution in [0.2, 0.25) is 0 Å². The van der Waals surface area contributed by atoms with Crippen molar-refractivity contribution < 1.29 is 19.1 Å². The minimum atomic E-state index is -0.577. The Bertz CT molecular complexity index is 570. The van der Waals surface area contributed by atoms with Crippen LogP contribution in [0.1, 0.15) is 32.8 Å². The van der Waals surface area contributed by atoms with Crippen LogP contribution in [0.4, 0.5) is 10.5 Å². The van der Waals surface area contributed by atoms with Crippen LogP contribution in [-0.4, -0.2) is 28.5 Å². The lowest BCUT2D eigenvalue weighted by atomic mass is 10.1. The topological polar surface area (TPSA) is 91.8 Å². The lowest BCUT2D eigenvalue weighted by Gasteiger charge is -2.20. The lowest BCUT2D eigenvalue weighted by molar-refractivity contribution is -0.116. The van der Waals surface area contributed by atoms with E-state index in [2.05, 4.69) is 10.1 Å². The molecule has 0 aliphatic rings. The maximum atomic E-state index is 11.8. The summed E-state index contributed by atoms with van der Waals surface area (Å²) in [6.45, 7) is 5.35. The van der Waals surface area contributed by atoms with Crippen LogP contribution in [0.5, 0.6) is 0 Å². The summed E-state index contributed by atoms with van der Waals surface area (Å²) in [5.74, 6) is -0.287. The molecule has 0 bridgehead atoms. The SMILES string of the molecule is CC(C)(C)OC(=O)Nc1ccccc1CCC(=O)C=[N+]=[N-]. The molecule has 0 spiro atoms. The lowest BCUT2D eigenvalue weighted by Crippen LogP contribution is -2.27. The Morgan fingerprint density at radius 1 is 1.33 bits per heavy atom. The highest BCUT2D eigenvalue weighted by Crippen LogP contribution is 2.18. The van der Waals surface area contributed by atoms with Gasteiger partial charge in [-0.1, -0.05) is 18.2 Å². The van der Waals surface area contributed by atoms with Crippen LogP contribution < -0.4 is 5.32 Å². The predicted molar refractivity (Wildman–Crippen MR) is 79.3 cm³/mol. The number of rotatable bonds is 5. The molecule has 0 aliphatic heterocycles. The van der Waals surface area contributed by atoms with Gasteiger partial charge >= 0.3 is 12.3 Å². The molecule has 6 heteroatoms. The maximum absolute atomic E-state index is 11.8. The molecule has 1 amide bonds. The molecule has 0 atom stereocenters. The van der Waals surface area contributed by atoms with E-state index in [1.54, 1.807) is 32.9 Å². The van der Waals surface area contributed by atoms with E-state index in [0.29, 0.717) is 12.1 Å². The molecule has 21 heavy (non-hydrogen) atoms. The average Bonchev–Trinajstić information content (AvgIpc) is 2.35. The molecule has 0 heterocycles. The van der Waals surface area contributed by atoms with Crippen molar-refractivity contribution in [3.63, 3.8) is 0 Å². The number of nitrogens with zero attached hydrogens (tertiary/aromatic N) is 2. The molecule has 1 rings (SSSR count). The zero-order valence-corrected chi connectivity index (χ0v) is 12.4. The molecule has 0 fully saturated rings. The van der Waals surface area contributed by atoms with Gasteiger partial charge in [-0.2, -0.15) is 4.79 Å². The molecule has 0 unspecified atom stereocenters. The number of Topliss-reactive ketones (excluding diaryl/α,β-unsaturated/α-hetero) is 1. The zero-order valence-electron chi connectivity index (χ0n) is 12.4. The fourth-order valence-corrected chi connectivity index (χ4v) is 1.66. The van der Waals surface area contributed by atoms with Crippen LogP contribution in [0.25, 0.3) is 5.53 Å². The van der Waals surface area contributed by atoms with E-state index >= 15 is 0 Å². The third-order valence-electron chi connectivity index (χ3n) is 2.50. The Labute approximate surface area is 123 Å².